The summed E-state index contributed by atoms with van der Waals surface area (Å²) < 4.78 is 0. The Hall–Kier alpha value is -1.42. The second kappa shape index (κ2) is 4.69. The Morgan fingerprint density at radius 2 is 2.06 bits per heavy atom. The summed E-state index contributed by atoms with van der Waals surface area (Å²) in [7, 11) is 0. The van der Waals surface area contributed by atoms with E-state index in [1.165, 1.54) is 12.8 Å². The summed E-state index contributed by atoms with van der Waals surface area (Å²) in [6.45, 7) is 1.88. The molecule has 0 N–H and O–H groups in total. The average Bonchev–Trinajstić information content (AvgIpc) is 2.60. The number of hydrogen-bond donors (Lipinski definition) is 0. The van der Waals surface area contributed by atoms with E-state index in [1.807, 2.05) is 24.3 Å². The normalized spacial score (nSPS) is 28.0. The summed E-state index contributed by atoms with van der Waals surface area (Å²) in [6.07, 6.45) is 4.45. The van der Waals surface area contributed by atoms with Gasteiger partial charge in [-0.15, -0.1) is 0 Å². The maximum absolute atomic E-state index is 11.5. The third-order valence-electron chi connectivity index (χ3n) is 4.25. The quantitative estimate of drug-likeness (QED) is 0.565. The molecule has 1 aromatic rings. The van der Waals surface area contributed by atoms with Gasteiger partial charge >= 0.3 is 0 Å². The number of benzene rings is 1. The second-order valence-corrected chi connectivity index (χ2v) is 5.32. The van der Waals surface area contributed by atoms with Crippen LogP contribution in [-0.2, 0) is 6.54 Å². The zero-order valence-electron chi connectivity index (χ0n) is 10.4. The van der Waals surface area contributed by atoms with Crippen molar-refractivity contribution < 1.29 is 4.92 Å². The first kappa shape index (κ1) is 11.7. The van der Waals surface area contributed by atoms with Crippen LogP contribution in [0.3, 0.4) is 0 Å². The lowest BCUT2D eigenvalue weighted by Gasteiger charge is -2.37. The van der Waals surface area contributed by atoms with Crippen molar-refractivity contribution in [2.24, 2.45) is 0 Å². The summed E-state index contributed by atoms with van der Waals surface area (Å²) in [5.74, 6) is 0. The maximum Gasteiger partial charge on any atom is 0.253 e. The van der Waals surface area contributed by atoms with Gasteiger partial charge in [0.25, 0.3) is 6.04 Å². The van der Waals surface area contributed by atoms with Crippen LogP contribution < -0.4 is 0 Å². The van der Waals surface area contributed by atoms with Crippen LogP contribution in [0.4, 0.5) is 0 Å². The topological polar surface area (TPSA) is 46.4 Å². The molecule has 2 atom stereocenters. The molecule has 96 valence electrons. The lowest BCUT2D eigenvalue weighted by atomic mass is 9.87. The minimum Gasteiger partial charge on any atom is -0.289 e. The molecule has 0 amide bonds. The fourth-order valence-corrected chi connectivity index (χ4v) is 3.39. The largest absolute Gasteiger partial charge is 0.289 e. The molecule has 0 spiro atoms. The molecule has 0 bridgehead atoms. The predicted molar refractivity (Wildman–Crippen MR) is 68.8 cm³/mol. The van der Waals surface area contributed by atoms with E-state index in [0.29, 0.717) is 0 Å². The lowest BCUT2D eigenvalue weighted by molar-refractivity contribution is -0.539. The molecule has 1 fully saturated rings. The van der Waals surface area contributed by atoms with Crippen LogP contribution in [0, 0.1) is 10.1 Å². The van der Waals surface area contributed by atoms with Gasteiger partial charge in [-0.2, -0.15) is 0 Å². The third-order valence-corrected chi connectivity index (χ3v) is 4.25. The average molecular weight is 246 g/mol. The van der Waals surface area contributed by atoms with Crippen molar-refractivity contribution in [3.8, 4) is 0 Å². The van der Waals surface area contributed by atoms with Crippen molar-refractivity contribution in [2.45, 2.75) is 44.3 Å². The molecular formula is C14H18N2O2. The fourth-order valence-electron chi connectivity index (χ4n) is 3.39. The van der Waals surface area contributed by atoms with E-state index >= 15 is 0 Å². The van der Waals surface area contributed by atoms with Crippen LogP contribution in [0.5, 0.6) is 0 Å². The molecular weight excluding hydrogens is 228 g/mol. The molecule has 0 saturated carbocycles. The van der Waals surface area contributed by atoms with Crippen LogP contribution in [0.15, 0.2) is 24.3 Å². The van der Waals surface area contributed by atoms with E-state index in [-0.39, 0.29) is 11.0 Å². The van der Waals surface area contributed by atoms with Gasteiger partial charge in [-0.3, -0.25) is 15.0 Å². The highest BCUT2D eigenvalue weighted by Crippen LogP contribution is 2.37. The Morgan fingerprint density at radius 3 is 2.89 bits per heavy atom. The standard InChI is InChI=1S/C14H18N2O2/c17-16(18)14-12-7-4-3-6-11(12)10-15-9-5-1-2-8-13(14)15/h3-4,6-7,13-14H,1-2,5,8-10H2/t13-,14+/m1/s1. The number of nitrogens with zero attached hydrogens (tertiary/aromatic N) is 2. The molecule has 18 heavy (non-hydrogen) atoms. The van der Waals surface area contributed by atoms with Gasteiger partial charge in [0, 0.05) is 17.0 Å². The van der Waals surface area contributed by atoms with Gasteiger partial charge in [0.2, 0.25) is 0 Å². The van der Waals surface area contributed by atoms with E-state index in [2.05, 4.69) is 4.90 Å². The Kier molecular flexibility index (Phi) is 3.04. The van der Waals surface area contributed by atoms with Gasteiger partial charge in [-0.25, -0.2) is 0 Å². The number of rotatable bonds is 1. The maximum atomic E-state index is 11.5. The molecule has 4 nitrogen and oxygen atoms in total. The summed E-state index contributed by atoms with van der Waals surface area (Å²) in [5.41, 5.74) is 2.07. The van der Waals surface area contributed by atoms with Crippen molar-refractivity contribution in [2.75, 3.05) is 6.54 Å². The monoisotopic (exact) mass is 246 g/mol. The summed E-state index contributed by atoms with van der Waals surface area (Å²) in [5, 5.41) is 11.5. The van der Waals surface area contributed by atoms with Crippen LogP contribution in [0.2, 0.25) is 0 Å². The highest BCUT2D eigenvalue weighted by Gasteiger charge is 2.42. The smallest absolute Gasteiger partial charge is 0.253 e. The first-order valence-electron chi connectivity index (χ1n) is 6.73. The van der Waals surface area contributed by atoms with Crippen LogP contribution >= 0.6 is 0 Å². The summed E-state index contributed by atoms with van der Waals surface area (Å²) >= 11 is 0. The fraction of sp³-hybridized carbons (Fsp3) is 0.571. The number of fused-ring (bicyclic) bond motifs is 2. The van der Waals surface area contributed by atoms with Crippen molar-refractivity contribution in [3.05, 3.63) is 45.5 Å². The second-order valence-electron chi connectivity index (χ2n) is 5.32. The van der Waals surface area contributed by atoms with E-state index in [1.54, 1.807) is 0 Å². The molecule has 3 rings (SSSR count). The molecule has 0 unspecified atom stereocenters. The Bertz CT molecular complexity index is 461. The zero-order valence-corrected chi connectivity index (χ0v) is 10.4. The first-order valence-corrected chi connectivity index (χ1v) is 6.73. The Morgan fingerprint density at radius 1 is 1.22 bits per heavy atom. The predicted octanol–water partition coefficient (Wildman–Crippen LogP) is 2.76. The van der Waals surface area contributed by atoms with Crippen molar-refractivity contribution >= 4 is 0 Å². The van der Waals surface area contributed by atoms with Gasteiger partial charge < -0.3 is 0 Å². The van der Waals surface area contributed by atoms with Crippen molar-refractivity contribution in [1.29, 1.82) is 0 Å². The van der Waals surface area contributed by atoms with Crippen LogP contribution in [-0.4, -0.2) is 22.4 Å². The van der Waals surface area contributed by atoms with Gasteiger partial charge in [-0.05, 0) is 24.9 Å². The van der Waals surface area contributed by atoms with E-state index in [9.17, 15) is 10.1 Å². The lowest BCUT2D eigenvalue weighted by Crippen LogP contribution is -2.45. The van der Waals surface area contributed by atoms with Crippen molar-refractivity contribution in [3.63, 3.8) is 0 Å². The molecule has 2 heterocycles. The molecule has 2 aliphatic rings. The summed E-state index contributed by atoms with van der Waals surface area (Å²) in [4.78, 5) is 13.7. The Balaban J connectivity index is 2.03. The minimum atomic E-state index is -0.534. The Labute approximate surface area is 107 Å². The number of hydrogen-bond acceptors (Lipinski definition) is 3. The zero-order chi connectivity index (χ0) is 12.5. The van der Waals surface area contributed by atoms with E-state index in [0.717, 1.165) is 37.1 Å². The van der Waals surface area contributed by atoms with Crippen LogP contribution in [0.1, 0.15) is 42.9 Å². The van der Waals surface area contributed by atoms with Gasteiger partial charge in [0.1, 0.15) is 0 Å². The molecule has 2 aliphatic heterocycles. The third kappa shape index (κ3) is 1.90. The highest BCUT2D eigenvalue weighted by molar-refractivity contribution is 5.32. The van der Waals surface area contributed by atoms with E-state index < -0.39 is 6.04 Å². The SMILES string of the molecule is O=[N+]([O-])[C@H]1c2ccccc2CN2CCCCC[C@H]12. The van der Waals surface area contributed by atoms with E-state index in [4.69, 9.17) is 0 Å². The first-order chi connectivity index (χ1) is 8.77. The minimum absolute atomic E-state index is 0.0824. The highest BCUT2D eigenvalue weighted by atomic mass is 16.6. The molecule has 0 aromatic heterocycles. The number of nitro groups is 1. The molecule has 1 aromatic carbocycles. The van der Waals surface area contributed by atoms with Gasteiger partial charge in [0.15, 0.2) is 0 Å². The molecule has 1 saturated heterocycles. The van der Waals surface area contributed by atoms with Crippen LogP contribution in [0.25, 0.3) is 0 Å². The van der Waals surface area contributed by atoms with Crippen molar-refractivity contribution in [1.82, 2.24) is 4.90 Å². The van der Waals surface area contributed by atoms with Gasteiger partial charge in [0.05, 0.1) is 6.04 Å². The van der Waals surface area contributed by atoms with Gasteiger partial charge in [-0.1, -0.05) is 37.1 Å². The molecule has 0 radical (unpaired) electrons. The molecule has 4 heteroatoms. The molecule has 0 aliphatic carbocycles. The summed E-state index contributed by atoms with van der Waals surface area (Å²) in [6, 6.07) is 7.43.